The molecule has 3 heterocycles. The van der Waals surface area contributed by atoms with E-state index in [0.717, 1.165) is 38.2 Å². The smallest absolute Gasteiger partial charge is 0.271 e. The van der Waals surface area contributed by atoms with Gasteiger partial charge in [-0.05, 0) is 48.8 Å². The van der Waals surface area contributed by atoms with Gasteiger partial charge in [-0.3, -0.25) is 14.8 Å². The molecule has 1 amide bonds. The van der Waals surface area contributed by atoms with Crippen LogP contribution < -0.4 is 0 Å². The number of carbonyl (C=O) groups excluding carboxylic acids is 1. The van der Waals surface area contributed by atoms with E-state index in [1.165, 1.54) is 12.8 Å². The fourth-order valence-electron chi connectivity index (χ4n) is 4.82. The van der Waals surface area contributed by atoms with Gasteiger partial charge in [-0.1, -0.05) is 26.7 Å². The molecule has 9 nitrogen and oxygen atoms in total. The van der Waals surface area contributed by atoms with E-state index in [1.54, 1.807) is 12.3 Å². The van der Waals surface area contributed by atoms with Crippen LogP contribution in [0, 0.1) is 0 Å². The van der Waals surface area contributed by atoms with Crippen LogP contribution in [0.3, 0.4) is 0 Å². The van der Waals surface area contributed by atoms with Gasteiger partial charge in [0.15, 0.2) is 5.82 Å². The van der Waals surface area contributed by atoms with Gasteiger partial charge in [-0.25, -0.2) is 4.68 Å². The standard InChI is InChI=1S/C18H28N8O/c1-3-25(4-2)18(17-21-22-23-26(17)14-7-5-6-8-14)10-12-24(13-18)16(27)15-9-11-19-20-15/h9,11,14H,3-8,10,12-13H2,1-2H3,(H,19,20). The van der Waals surface area contributed by atoms with E-state index >= 15 is 0 Å². The van der Waals surface area contributed by atoms with E-state index in [0.29, 0.717) is 24.8 Å². The third kappa shape index (κ3) is 3.03. The Morgan fingerprint density at radius 1 is 1.33 bits per heavy atom. The molecule has 0 radical (unpaired) electrons. The number of hydrogen-bond donors (Lipinski definition) is 1. The van der Waals surface area contributed by atoms with Crippen molar-refractivity contribution in [2.45, 2.75) is 57.5 Å². The van der Waals surface area contributed by atoms with Crippen molar-refractivity contribution in [2.75, 3.05) is 26.2 Å². The molecule has 0 spiro atoms. The number of nitrogens with zero attached hydrogens (tertiary/aromatic N) is 7. The van der Waals surface area contributed by atoms with Crippen LogP contribution in [0.1, 0.15) is 68.3 Å². The van der Waals surface area contributed by atoms with E-state index in [4.69, 9.17) is 0 Å². The number of tetrazole rings is 1. The number of aromatic nitrogens is 6. The summed E-state index contributed by atoms with van der Waals surface area (Å²) in [5.41, 5.74) is 0.186. The highest BCUT2D eigenvalue weighted by Gasteiger charge is 2.49. The van der Waals surface area contributed by atoms with Crippen LogP contribution >= 0.6 is 0 Å². The van der Waals surface area contributed by atoms with Crippen molar-refractivity contribution in [2.24, 2.45) is 0 Å². The van der Waals surface area contributed by atoms with Gasteiger partial charge in [0, 0.05) is 19.3 Å². The molecule has 146 valence electrons. The first-order chi connectivity index (χ1) is 13.2. The molecular formula is C18H28N8O. The second-order valence-corrected chi connectivity index (χ2v) is 7.54. The zero-order valence-electron chi connectivity index (χ0n) is 16.1. The summed E-state index contributed by atoms with van der Waals surface area (Å²) >= 11 is 0. The lowest BCUT2D eigenvalue weighted by Crippen LogP contribution is -2.50. The lowest BCUT2D eigenvalue weighted by molar-refractivity contribution is 0.0656. The lowest BCUT2D eigenvalue weighted by Gasteiger charge is -2.39. The highest BCUT2D eigenvalue weighted by Crippen LogP contribution is 2.40. The van der Waals surface area contributed by atoms with E-state index in [9.17, 15) is 4.79 Å². The van der Waals surface area contributed by atoms with E-state index in [2.05, 4.69) is 49.2 Å². The van der Waals surface area contributed by atoms with Gasteiger partial charge < -0.3 is 4.90 Å². The van der Waals surface area contributed by atoms with Crippen molar-refractivity contribution in [3.63, 3.8) is 0 Å². The van der Waals surface area contributed by atoms with Crippen LogP contribution in [0.5, 0.6) is 0 Å². The quantitative estimate of drug-likeness (QED) is 0.827. The first-order valence-corrected chi connectivity index (χ1v) is 10.0. The molecule has 0 aromatic carbocycles. The summed E-state index contributed by atoms with van der Waals surface area (Å²) in [5, 5.41) is 19.6. The summed E-state index contributed by atoms with van der Waals surface area (Å²) in [6.45, 7) is 7.38. The average Bonchev–Trinajstić information content (AvgIpc) is 3.49. The molecule has 9 heteroatoms. The third-order valence-corrected chi connectivity index (χ3v) is 6.21. The van der Waals surface area contributed by atoms with Gasteiger partial charge in [-0.2, -0.15) is 5.10 Å². The molecule has 0 bridgehead atoms. The third-order valence-electron chi connectivity index (χ3n) is 6.21. The van der Waals surface area contributed by atoms with Gasteiger partial charge in [0.05, 0.1) is 6.04 Å². The number of likely N-dealkylation sites (N-methyl/N-ethyl adjacent to an activating group) is 1. The lowest BCUT2D eigenvalue weighted by atomic mass is 9.94. The average molecular weight is 372 g/mol. The van der Waals surface area contributed by atoms with Crippen molar-refractivity contribution in [1.82, 2.24) is 40.2 Å². The largest absolute Gasteiger partial charge is 0.335 e. The first-order valence-electron chi connectivity index (χ1n) is 10.0. The molecule has 2 fully saturated rings. The number of carbonyl (C=O) groups is 1. The van der Waals surface area contributed by atoms with Crippen LogP contribution in [-0.2, 0) is 5.54 Å². The minimum absolute atomic E-state index is 0.0126. The summed E-state index contributed by atoms with van der Waals surface area (Å²) in [6.07, 6.45) is 7.16. The number of rotatable bonds is 6. The van der Waals surface area contributed by atoms with Crippen molar-refractivity contribution in [3.05, 3.63) is 23.8 Å². The molecule has 1 atom stereocenters. The number of aromatic amines is 1. The predicted molar refractivity (Wildman–Crippen MR) is 99.0 cm³/mol. The van der Waals surface area contributed by atoms with E-state index < -0.39 is 0 Å². The van der Waals surface area contributed by atoms with Crippen LogP contribution in [0.4, 0.5) is 0 Å². The molecule has 1 saturated carbocycles. The number of H-pyrrole nitrogens is 1. The molecule has 2 aromatic heterocycles. The maximum atomic E-state index is 12.9. The summed E-state index contributed by atoms with van der Waals surface area (Å²) in [6, 6.07) is 2.10. The normalized spacial score (nSPS) is 23.6. The maximum absolute atomic E-state index is 12.9. The molecule has 27 heavy (non-hydrogen) atoms. The zero-order valence-corrected chi connectivity index (χ0v) is 16.1. The van der Waals surface area contributed by atoms with Crippen LogP contribution in [0.15, 0.2) is 12.3 Å². The second kappa shape index (κ2) is 7.38. The highest BCUT2D eigenvalue weighted by molar-refractivity contribution is 5.92. The monoisotopic (exact) mass is 372 g/mol. The topological polar surface area (TPSA) is 95.8 Å². The molecule has 2 aliphatic rings. The second-order valence-electron chi connectivity index (χ2n) is 7.54. The Bertz CT molecular complexity index is 762. The minimum Gasteiger partial charge on any atom is -0.335 e. The Morgan fingerprint density at radius 2 is 2.11 bits per heavy atom. The van der Waals surface area contributed by atoms with Gasteiger partial charge in [-0.15, -0.1) is 5.10 Å². The molecule has 1 N–H and O–H groups in total. The van der Waals surface area contributed by atoms with Gasteiger partial charge in [0.1, 0.15) is 11.2 Å². The highest BCUT2D eigenvalue weighted by atomic mass is 16.2. The summed E-state index contributed by atoms with van der Waals surface area (Å²) in [5.74, 6) is 0.902. The summed E-state index contributed by atoms with van der Waals surface area (Å²) < 4.78 is 2.05. The number of nitrogens with one attached hydrogen (secondary N) is 1. The number of likely N-dealkylation sites (tertiary alicyclic amines) is 1. The molecule has 1 unspecified atom stereocenters. The van der Waals surface area contributed by atoms with Gasteiger partial charge in [0.25, 0.3) is 5.91 Å². The molecule has 2 aromatic rings. The van der Waals surface area contributed by atoms with Crippen LogP contribution in [-0.4, -0.2) is 72.3 Å². The Morgan fingerprint density at radius 3 is 2.78 bits per heavy atom. The fraction of sp³-hybridized carbons (Fsp3) is 0.722. The Kier molecular flexibility index (Phi) is 4.94. The van der Waals surface area contributed by atoms with Crippen molar-refractivity contribution in [3.8, 4) is 0 Å². The molecule has 1 aliphatic heterocycles. The molecule has 4 rings (SSSR count). The molecule has 1 saturated heterocycles. The van der Waals surface area contributed by atoms with E-state index in [-0.39, 0.29) is 11.4 Å². The SMILES string of the molecule is CCN(CC)C1(c2nnnn2C2CCCC2)CCN(C(=O)c2ccn[nH]2)C1. The van der Waals surface area contributed by atoms with Crippen LogP contribution in [0.25, 0.3) is 0 Å². The summed E-state index contributed by atoms with van der Waals surface area (Å²) in [7, 11) is 0. The Balaban J connectivity index is 1.68. The van der Waals surface area contributed by atoms with Crippen molar-refractivity contribution < 1.29 is 4.79 Å². The minimum atomic E-state index is -0.342. The van der Waals surface area contributed by atoms with Gasteiger partial charge >= 0.3 is 0 Å². The van der Waals surface area contributed by atoms with Crippen LogP contribution in [0.2, 0.25) is 0 Å². The molecule has 1 aliphatic carbocycles. The van der Waals surface area contributed by atoms with Gasteiger partial charge in [0.2, 0.25) is 0 Å². The Hall–Kier alpha value is -2.29. The van der Waals surface area contributed by atoms with Crippen molar-refractivity contribution in [1.29, 1.82) is 0 Å². The molecular weight excluding hydrogens is 344 g/mol. The first kappa shape index (κ1) is 18.1. The number of hydrogen-bond acceptors (Lipinski definition) is 6. The zero-order chi connectivity index (χ0) is 18.9. The predicted octanol–water partition coefficient (Wildman–Crippen LogP) is 1.59. The number of amides is 1. The van der Waals surface area contributed by atoms with E-state index in [1.807, 2.05) is 4.90 Å². The fourth-order valence-corrected chi connectivity index (χ4v) is 4.82. The Labute approximate surface area is 159 Å². The maximum Gasteiger partial charge on any atom is 0.271 e. The summed E-state index contributed by atoms with van der Waals surface area (Å²) in [4.78, 5) is 17.2. The van der Waals surface area contributed by atoms with Crippen molar-refractivity contribution >= 4 is 5.91 Å².